The van der Waals surface area contributed by atoms with E-state index in [1.54, 1.807) is 0 Å². The Kier molecular flexibility index (Phi) is 14.0. The molecule has 2 heteroatoms. The summed E-state index contributed by atoms with van der Waals surface area (Å²) in [4.78, 5) is 0. The van der Waals surface area contributed by atoms with E-state index in [9.17, 15) is 0 Å². The van der Waals surface area contributed by atoms with Gasteiger partial charge in [-0.05, 0) is 0 Å². The number of unbranched alkanes of at least 4 members (excludes halogenated alkanes) is 4. The molecule has 0 N–H and O–H groups in total. The number of hydrogen-bond donors (Lipinski definition) is 0. The predicted molar refractivity (Wildman–Crippen MR) is 100 cm³/mol. The molecule has 0 saturated heterocycles. The van der Waals surface area contributed by atoms with Crippen molar-refractivity contribution in [3.63, 3.8) is 0 Å². The van der Waals surface area contributed by atoms with Crippen molar-refractivity contribution < 1.29 is 4.74 Å². The van der Waals surface area contributed by atoms with Crippen LogP contribution in [0.4, 0.5) is 0 Å². The van der Waals surface area contributed by atoms with E-state index in [2.05, 4.69) is 34.3 Å². The van der Waals surface area contributed by atoms with Crippen molar-refractivity contribution in [3.05, 3.63) is 10.4 Å². The molecular weight excluding hydrogens is 375 g/mol. The van der Waals surface area contributed by atoms with Crippen LogP contribution < -0.4 is 0 Å². The molecule has 22 heavy (non-hydrogen) atoms. The maximum absolute atomic E-state index is 6.35. The summed E-state index contributed by atoms with van der Waals surface area (Å²) in [6.45, 7) is 13.3. The second-order valence-corrected chi connectivity index (χ2v) is 8.44. The molecule has 0 aromatic rings. The molecular formula is C20H39OSn. The van der Waals surface area contributed by atoms with E-state index < -0.39 is 0 Å². The molecule has 0 aromatic carbocycles. The van der Waals surface area contributed by atoms with Gasteiger partial charge in [-0.3, -0.25) is 0 Å². The van der Waals surface area contributed by atoms with Crippen LogP contribution in [-0.4, -0.2) is 28.6 Å². The Bertz CT molecular complexity index is 253. The zero-order chi connectivity index (χ0) is 16.8. The van der Waals surface area contributed by atoms with Crippen LogP contribution in [0, 0.1) is 5.41 Å². The average Bonchev–Trinajstić information content (AvgIpc) is 2.51. The van der Waals surface area contributed by atoms with Gasteiger partial charge in [-0.1, -0.05) is 0 Å². The molecule has 0 amide bonds. The fraction of sp³-hybridized carbons (Fsp3) is 0.900. The van der Waals surface area contributed by atoms with Gasteiger partial charge in [-0.15, -0.1) is 0 Å². The zero-order valence-electron chi connectivity index (χ0n) is 15.7. The third-order valence-corrected chi connectivity index (χ3v) is 5.21. The topological polar surface area (TPSA) is 9.23 Å². The standard InChI is InChI=1S/C20H39O.Sn/c1-6-11-15-19(21-10-5)20(16-12-7-2,17-13-8-3)18-14-9-4;/h19H,5-9,11-18H2,1-4H3;. The maximum atomic E-state index is 6.35. The first kappa shape index (κ1) is 22.3. The second kappa shape index (κ2) is 13.7. The van der Waals surface area contributed by atoms with Gasteiger partial charge in [0.05, 0.1) is 0 Å². The third kappa shape index (κ3) is 8.84. The normalized spacial score (nSPS) is 13.1. The predicted octanol–water partition coefficient (Wildman–Crippen LogP) is 6.76. The Balaban J connectivity index is 5.27. The summed E-state index contributed by atoms with van der Waals surface area (Å²) in [5.74, 6) is 0. The molecule has 0 aliphatic rings. The zero-order valence-corrected chi connectivity index (χ0v) is 18.5. The number of hydrogen-bond acceptors (Lipinski definition) is 1. The van der Waals surface area contributed by atoms with Gasteiger partial charge in [0.2, 0.25) is 0 Å². The van der Waals surface area contributed by atoms with Crippen molar-refractivity contribution in [2.24, 2.45) is 5.41 Å². The molecule has 0 spiro atoms. The van der Waals surface area contributed by atoms with Crippen LogP contribution in [-0.2, 0) is 4.74 Å². The van der Waals surface area contributed by atoms with E-state index in [-0.39, 0.29) is 0 Å². The van der Waals surface area contributed by atoms with Crippen molar-refractivity contribution in [2.45, 2.75) is 111 Å². The summed E-state index contributed by atoms with van der Waals surface area (Å²) in [6.07, 6.45) is 16.0. The van der Waals surface area contributed by atoms with Crippen LogP contribution in [0.3, 0.4) is 0 Å². The number of ether oxygens (including phenoxy) is 1. The van der Waals surface area contributed by atoms with Gasteiger partial charge in [0, 0.05) is 0 Å². The van der Waals surface area contributed by atoms with Crippen molar-refractivity contribution >= 4 is 22.5 Å². The Morgan fingerprint density at radius 3 is 1.59 bits per heavy atom. The van der Waals surface area contributed by atoms with Crippen LogP contribution >= 0.6 is 0 Å². The first-order valence-electron chi connectivity index (χ1n) is 9.63. The molecule has 129 valence electrons. The molecule has 0 aliphatic heterocycles. The third-order valence-electron chi connectivity index (χ3n) is 4.87. The van der Waals surface area contributed by atoms with Gasteiger partial charge in [-0.25, -0.2) is 0 Å². The fourth-order valence-electron chi connectivity index (χ4n) is 3.50. The molecule has 1 atom stereocenters. The van der Waals surface area contributed by atoms with Crippen LogP contribution in [0.5, 0.6) is 0 Å². The van der Waals surface area contributed by atoms with E-state index in [4.69, 9.17) is 4.74 Å². The van der Waals surface area contributed by atoms with Gasteiger partial charge in [0.1, 0.15) is 0 Å². The molecule has 3 radical (unpaired) electrons. The van der Waals surface area contributed by atoms with Gasteiger partial charge in [0.15, 0.2) is 0 Å². The molecule has 0 rings (SSSR count). The Labute approximate surface area is 153 Å². The summed E-state index contributed by atoms with van der Waals surface area (Å²) in [6, 6.07) is 0. The molecule has 0 heterocycles. The van der Waals surface area contributed by atoms with E-state index in [0.717, 1.165) is 3.78 Å². The minimum absolute atomic E-state index is 0.386. The molecule has 0 bridgehead atoms. The SMILES string of the molecule is C=[C]([Sn])OC(CCCC)C(CCCC)(CCCC)CCCC. The van der Waals surface area contributed by atoms with Gasteiger partial charge in [-0.2, -0.15) is 0 Å². The van der Waals surface area contributed by atoms with E-state index >= 15 is 0 Å². The van der Waals surface area contributed by atoms with Crippen molar-refractivity contribution in [1.29, 1.82) is 0 Å². The van der Waals surface area contributed by atoms with E-state index in [1.165, 1.54) is 99.6 Å². The molecule has 1 unspecified atom stereocenters. The van der Waals surface area contributed by atoms with Crippen LogP contribution in [0.2, 0.25) is 0 Å². The van der Waals surface area contributed by atoms with Crippen molar-refractivity contribution in [3.8, 4) is 0 Å². The van der Waals surface area contributed by atoms with E-state index in [1.807, 2.05) is 0 Å². The summed E-state index contributed by atoms with van der Waals surface area (Å²) >= 11 is 1.33. The fourth-order valence-corrected chi connectivity index (χ4v) is 3.90. The Morgan fingerprint density at radius 2 is 1.27 bits per heavy atom. The van der Waals surface area contributed by atoms with Gasteiger partial charge < -0.3 is 0 Å². The summed E-state index contributed by atoms with van der Waals surface area (Å²) in [5.41, 5.74) is 0.386. The molecule has 0 fully saturated rings. The number of rotatable bonds is 15. The molecule has 1 nitrogen and oxygen atoms in total. The minimum atomic E-state index is 0.386. The summed E-state index contributed by atoms with van der Waals surface area (Å²) < 4.78 is 7.34. The van der Waals surface area contributed by atoms with Crippen molar-refractivity contribution in [1.82, 2.24) is 0 Å². The molecule has 0 aromatic heterocycles. The van der Waals surface area contributed by atoms with Crippen LogP contribution in [0.25, 0.3) is 0 Å². The Morgan fingerprint density at radius 1 is 0.864 bits per heavy atom. The van der Waals surface area contributed by atoms with Gasteiger partial charge >= 0.3 is 154 Å². The van der Waals surface area contributed by atoms with E-state index in [0.29, 0.717) is 11.5 Å². The second-order valence-electron chi connectivity index (χ2n) is 6.84. The van der Waals surface area contributed by atoms with Gasteiger partial charge in [0.25, 0.3) is 0 Å². The van der Waals surface area contributed by atoms with Crippen LogP contribution in [0.1, 0.15) is 105 Å². The van der Waals surface area contributed by atoms with Crippen molar-refractivity contribution in [2.75, 3.05) is 0 Å². The molecule has 0 aliphatic carbocycles. The summed E-state index contributed by atoms with van der Waals surface area (Å²) in [5, 5.41) is 0. The first-order chi connectivity index (χ1) is 10.6. The average molecular weight is 414 g/mol. The molecule has 0 saturated carbocycles. The monoisotopic (exact) mass is 415 g/mol. The Hall–Kier alpha value is 0.339. The van der Waals surface area contributed by atoms with Crippen LogP contribution in [0.15, 0.2) is 10.4 Å². The quantitative estimate of drug-likeness (QED) is 0.213. The summed E-state index contributed by atoms with van der Waals surface area (Å²) in [7, 11) is 0. The first-order valence-corrected chi connectivity index (χ1v) is 11.1.